The first-order valence-electron chi connectivity index (χ1n) is 3.78. The van der Waals surface area contributed by atoms with Crippen LogP contribution >= 0.6 is 0 Å². The predicted molar refractivity (Wildman–Crippen MR) is 54.0 cm³/mol. The van der Waals surface area contributed by atoms with Gasteiger partial charge in [-0.25, -0.2) is 0 Å². The van der Waals surface area contributed by atoms with Crippen molar-refractivity contribution in [3.63, 3.8) is 0 Å². The van der Waals surface area contributed by atoms with E-state index in [-0.39, 0.29) is 0 Å². The van der Waals surface area contributed by atoms with Gasteiger partial charge in [-0.3, -0.25) is 0 Å². The van der Waals surface area contributed by atoms with Crippen molar-refractivity contribution in [2.75, 3.05) is 0 Å². The topological polar surface area (TPSA) is 20.2 Å². The maximum atomic E-state index is 7.69. The fourth-order valence-electron chi connectivity index (χ4n) is 0.589. The van der Waals surface area contributed by atoms with Gasteiger partial charge >= 0.3 is 0 Å². The Morgan fingerprint density at radius 2 is 1.75 bits per heavy atom. The molecule has 1 aromatic rings. The molecule has 64 valence electrons. The number of hydrogen-bond donors (Lipinski definition) is 1. The lowest BCUT2D eigenvalue weighted by atomic mass is 10.2. The number of hydrogen-bond acceptors (Lipinski definition) is 1. The summed E-state index contributed by atoms with van der Waals surface area (Å²) in [6.45, 7) is 5.38. The van der Waals surface area contributed by atoms with Gasteiger partial charge in [0.1, 0.15) is 0 Å². The molecule has 0 fully saturated rings. The molecule has 0 aliphatic carbocycles. The zero-order valence-electron chi connectivity index (χ0n) is 7.27. The van der Waals surface area contributed by atoms with Crippen LogP contribution < -0.4 is 0 Å². The smallest absolute Gasteiger partial charge is 0.0748 e. The maximum absolute atomic E-state index is 7.69. The zero-order chi connectivity index (χ0) is 9.23. The molecular weight excluding hydrogens is 148 g/mol. The van der Waals surface area contributed by atoms with Crippen LogP contribution in [-0.4, -0.2) is 5.11 Å². The Labute approximate surface area is 73.7 Å². The molecule has 0 aromatic heterocycles. The Balaban J connectivity index is 0.000000261. The van der Waals surface area contributed by atoms with E-state index in [2.05, 4.69) is 6.58 Å². The van der Waals surface area contributed by atoms with Gasteiger partial charge in [-0.15, -0.1) is 0 Å². The second-order valence-corrected chi connectivity index (χ2v) is 2.10. The van der Waals surface area contributed by atoms with Gasteiger partial charge in [0.05, 0.1) is 6.26 Å². The van der Waals surface area contributed by atoms with Crippen molar-refractivity contribution < 1.29 is 5.11 Å². The monoisotopic (exact) mass is 162 g/mol. The fraction of sp³-hybridized carbons (Fsp3) is 0.0909. The van der Waals surface area contributed by atoms with Crippen LogP contribution in [0.1, 0.15) is 12.5 Å². The van der Waals surface area contributed by atoms with Crippen LogP contribution in [0.15, 0.2) is 49.2 Å². The third-order valence-electron chi connectivity index (χ3n) is 1.18. The Kier molecular flexibility index (Phi) is 6.65. The quantitative estimate of drug-likeness (QED) is 0.627. The van der Waals surface area contributed by atoms with Crippen LogP contribution in [0, 0.1) is 0 Å². The van der Waals surface area contributed by atoms with Crippen molar-refractivity contribution in [2.24, 2.45) is 0 Å². The molecule has 0 atom stereocenters. The number of allylic oxidation sites excluding steroid dienone is 1. The van der Waals surface area contributed by atoms with Crippen LogP contribution in [0.5, 0.6) is 0 Å². The van der Waals surface area contributed by atoms with Crippen LogP contribution in [0.3, 0.4) is 0 Å². The summed E-state index contributed by atoms with van der Waals surface area (Å²) in [6, 6.07) is 10.0. The summed E-state index contributed by atoms with van der Waals surface area (Å²) in [7, 11) is 0. The van der Waals surface area contributed by atoms with Crippen LogP contribution in [-0.2, 0) is 0 Å². The lowest BCUT2D eigenvalue weighted by Gasteiger charge is -1.85. The molecule has 1 rings (SSSR count). The highest BCUT2D eigenvalue weighted by molar-refractivity contribution is 5.45. The lowest BCUT2D eigenvalue weighted by Crippen LogP contribution is -1.63. The summed E-state index contributed by atoms with van der Waals surface area (Å²) in [4.78, 5) is 0. The summed E-state index contributed by atoms with van der Waals surface area (Å²) in [6.07, 6.45) is 4.39. The Hall–Kier alpha value is -1.50. The van der Waals surface area contributed by atoms with Crippen molar-refractivity contribution in [3.05, 3.63) is 54.8 Å². The molecule has 0 aliphatic heterocycles. The van der Waals surface area contributed by atoms with Gasteiger partial charge in [0.25, 0.3) is 0 Å². The fourth-order valence-corrected chi connectivity index (χ4v) is 0.589. The normalized spacial score (nSPS) is 8.75. The summed E-state index contributed by atoms with van der Waals surface area (Å²) in [5, 5.41) is 7.69. The van der Waals surface area contributed by atoms with Crippen molar-refractivity contribution >= 4 is 6.08 Å². The van der Waals surface area contributed by atoms with E-state index in [1.165, 1.54) is 5.56 Å². The number of benzene rings is 1. The second-order valence-electron chi connectivity index (χ2n) is 2.10. The van der Waals surface area contributed by atoms with E-state index in [1.807, 2.05) is 36.4 Å². The van der Waals surface area contributed by atoms with Crippen molar-refractivity contribution in [2.45, 2.75) is 6.92 Å². The van der Waals surface area contributed by atoms with E-state index in [1.54, 1.807) is 13.0 Å². The first kappa shape index (κ1) is 10.5. The van der Waals surface area contributed by atoms with Crippen LogP contribution in [0.25, 0.3) is 6.08 Å². The van der Waals surface area contributed by atoms with Crippen molar-refractivity contribution in [1.82, 2.24) is 0 Å². The highest BCUT2D eigenvalue weighted by atomic mass is 16.2. The molecule has 0 unspecified atom stereocenters. The first-order chi connectivity index (χ1) is 5.85. The molecule has 12 heavy (non-hydrogen) atoms. The number of aliphatic hydroxyl groups is 1. The highest BCUT2D eigenvalue weighted by Crippen LogP contribution is 1.97. The third-order valence-corrected chi connectivity index (χ3v) is 1.18. The molecule has 0 spiro atoms. The Morgan fingerprint density at radius 3 is 2.00 bits per heavy atom. The first-order valence-corrected chi connectivity index (χ1v) is 3.78. The molecule has 0 amide bonds. The maximum Gasteiger partial charge on any atom is 0.0748 e. The van der Waals surface area contributed by atoms with Gasteiger partial charge in [0, 0.05) is 0 Å². The molecule has 0 aliphatic rings. The molecule has 0 bridgehead atoms. The van der Waals surface area contributed by atoms with E-state index in [0.717, 1.165) is 6.26 Å². The van der Waals surface area contributed by atoms with Crippen molar-refractivity contribution in [3.8, 4) is 0 Å². The summed E-state index contributed by atoms with van der Waals surface area (Å²) in [5.74, 6) is 0. The SMILES string of the molecule is C=Cc1ccccc1.CC=CO. The molecule has 0 saturated carbocycles. The summed E-state index contributed by atoms with van der Waals surface area (Å²) >= 11 is 0. The van der Waals surface area contributed by atoms with E-state index in [9.17, 15) is 0 Å². The minimum atomic E-state index is 1.00. The lowest BCUT2D eigenvalue weighted by molar-refractivity contribution is 0.472. The zero-order valence-corrected chi connectivity index (χ0v) is 7.27. The largest absolute Gasteiger partial charge is 0.516 e. The van der Waals surface area contributed by atoms with E-state index < -0.39 is 0 Å². The molecule has 0 saturated heterocycles. The van der Waals surface area contributed by atoms with E-state index >= 15 is 0 Å². The second kappa shape index (κ2) is 7.61. The van der Waals surface area contributed by atoms with Gasteiger partial charge in [0.15, 0.2) is 0 Å². The van der Waals surface area contributed by atoms with Gasteiger partial charge in [0.2, 0.25) is 0 Å². The molecule has 1 nitrogen and oxygen atoms in total. The minimum absolute atomic E-state index is 1.00. The van der Waals surface area contributed by atoms with Gasteiger partial charge in [-0.1, -0.05) is 49.1 Å². The molecule has 0 radical (unpaired) electrons. The Bertz CT molecular complexity index is 220. The minimum Gasteiger partial charge on any atom is -0.516 e. The average Bonchev–Trinajstić information content (AvgIpc) is 2.19. The van der Waals surface area contributed by atoms with E-state index in [0.29, 0.717) is 0 Å². The summed E-state index contributed by atoms with van der Waals surface area (Å²) in [5.41, 5.74) is 1.17. The van der Waals surface area contributed by atoms with Gasteiger partial charge in [-0.2, -0.15) is 0 Å². The highest BCUT2D eigenvalue weighted by Gasteiger charge is 1.75. The standard InChI is InChI=1S/C8H8.C3H6O/c1-2-8-6-4-3-5-7-8;1-2-3-4/h2-7H,1H2;2-4H,1H3. The van der Waals surface area contributed by atoms with Crippen molar-refractivity contribution in [1.29, 1.82) is 0 Å². The van der Waals surface area contributed by atoms with E-state index in [4.69, 9.17) is 5.11 Å². The Morgan fingerprint density at radius 1 is 1.25 bits per heavy atom. The number of aliphatic hydroxyl groups excluding tert-OH is 1. The number of rotatable bonds is 1. The van der Waals surface area contributed by atoms with Crippen LogP contribution in [0.2, 0.25) is 0 Å². The third kappa shape index (κ3) is 5.30. The molecule has 1 heteroatoms. The van der Waals surface area contributed by atoms with Crippen LogP contribution in [0.4, 0.5) is 0 Å². The summed E-state index contributed by atoms with van der Waals surface area (Å²) < 4.78 is 0. The van der Waals surface area contributed by atoms with Gasteiger partial charge in [-0.05, 0) is 12.5 Å². The average molecular weight is 162 g/mol. The van der Waals surface area contributed by atoms with Gasteiger partial charge < -0.3 is 5.11 Å². The predicted octanol–water partition coefficient (Wildman–Crippen LogP) is 3.41. The molecule has 0 heterocycles. The molecule has 1 aromatic carbocycles. The molecular formula is C11H14O. The molecule has 1 N–H and O–H groups in total.